The molecule has 1 aromatic carbocycles. The van der Waals surface area contributed by atoms with E-state index in [0.29, 0.717) is 6.10 Å². The van der Waals surface area contributed by atoms with Crippen LogP contribution in [0.25, 0.3) is 0 Å². The van der Waals surface area contributed by atoms with Gasteiger partial charge in [0.15, 0.2) is 11.6 Å². The third-order valence-corrected chi connectivity index (χ3v) is 3.82. The standard InChI is InChI=1S/C16H23F2NO/c1-2-19-13(6-7-14-4-3-9-20-14)10-12-5-8-15(17)16(18)11-12/h5,8,11,13-14,19H,2-4,6-7,9-10H2,1H3. The quantitative estimate of drug-likeness (QED) is 0.827. The predicted octanol–water partition coefficient (Wildman–Crippen LogP) is 3.44. The molecule has 112 valence electrons. The Balaban J connectivity index is 1.88. The van der Waals surface area contributed by atoms with Gasteiger partial charge in [-0.3, -0.25) is 0 Å². The summed E-state index contributed by atoms with van der Waals surface area (Å²) in [5.41, 5.74) is 0.835. The number of halogens is 2. The van der Waals surface area contributed by atoms with E-state index in [1.54, 1.807) is 6.07 Å². The Morgan fingerprint density at radius 3 is 2.85 bits per heavy atom. The van der Waals surface area contributed by atoms with Crippen LogP contribution < -0.4 is 5.32 Å². The van der Waals surface area contributed by atoms with Gasteiger partial charge in [-0.1, -0.05) is 13.0 Å². The van der Waals surface area contributed by atoms with E-state index in [4.69, 9.17) is 4.74 Å². The molecule has 0 spiro atoms. The van der Waals surface area contributed by atoms with Gasteiger partial charge in [0.05, 0.1) is 6.10 Å². The molecule has 0 bridgehead atoms. The molecular weight excluding hydrogens is 260 g/mol. The van der Waals surface area contributed by atoms with Gasteiger partial charge in [-0.15, -0.1) is 0 Å². The second-order valence-corrected chi connectivity index (χ2v) is 5.42. The van der Waals surface area contributed by atoms with Crippen molar-refractivity contribution in [2.24, 2.45) is 0 Å². The minimum Gasteiger partial charge on any atom is -0.378 e. The molecule has 1 heterocycles. The van der Waals surface area contributed by atoms with Crippen molar-refractivity contribution in [3.8, 4) is 0 Å². The van der Waals surface area contributed by atoms with Crippen molar-refractivity contribution < 1.29 is 13.5 Å². The number of likely N-dealkylation sites (N-methyl/N-ethyl adjacent to an activating group) is 1. The van der Waals surface area contributed by atoms with E-state index in [1.165, 1.54) is 12.1 Å². The van der Waals surface area contributed by atoms with Crippen LogP contribution in [-0.2, 0) is 11.2 Å². The molecule has 2 unspecified atom stereocenters. The lowest BCUT2D eigenvalue weighted by molar-refractivity contribution is 0.0996. The lowest BCUT2D eigenvalue weighted by atomic mass is 9.99. The van der Waals surface area contributed by atoms with E-state index in [2.05, 4.69) is 12.2 Å². The van der Waals surface area contributed by atoms with Crippen molar-refractivity contribution in [2.75, 3.05) is 13.2 Å². The van der Waals surface area contributed by atoms with Gasteiger partial charge in [0.25, 0.3) is 0 Å². The molecule has 1 N–H and O–H groups in total. The van der Waals surface area contributed by atoms with E-state index in [-0.39, 0.29) is 6.04 Å². The topological polar surface area (TPSA) is 21.3 Å². The largest absolute Gasteiger partial charge is 0.378 e. The third-order valence-electron chi connectivity index (χ3n) is 3.82. The fraction of sp³-hybridized carbons (Fsp3) is 0.625. The summed E-state index contributed by atoms with van der Waals surface area (Å²) < 4.78 is 31.8. The van der Waals surface area contributed by atoms with Crippen LogP contribution in [0.4, 0.5) is 8.78 Å². The van der Waals surface area contributed by atoms with Gasteiger partial charge in [0.2, 0.25) is 0 Å². The zero-order chi connectivity index (χ0) is 14.4. The van der Waals surface area contributed by atoms with Crippen LogP contribution in [0.3, 0.4) is 0 Å². The molecule has 1 aliphatic rings. The molecule has 1 fully saturated rings. The van der Waals surface area contributed by atoms with Gasteiger partial charge in [0.1, 0.15) is 0 Å². The number of hydrogen-bond acceptors (Lipinski definition) is 2. The van der Waals surface area contributed by atoms with E-state index in [0.717, 1.165) is 50.8 Å². The average Bonchev–Trinajstić information content (AvgIpc) is 2.94. The normalized spacial score (nSPS) is 20.2. The summed E-state index contributed by atoms with van der Waals surface area (Å²) in [6.07, 6.45) is 5.42. The molecule has 20 heavy (non-hydrogen) atoms. The van der Waals surface area contributed by atoms with E-state index >= 15 is 0 Å². The van der Waals surface area contributed by atoms with Crippen molar-refractivity contribution >= 4 is 0 Å². The van der Waals surface area contributed by atoms with Crippen LogP contribution in [0, 0.1) is 11.6 Å². The maximum absolute atomic E-state index is 13.2. The Morgan fingerprint density at radius 2 is 2.20 bits per heavy atom. The summed E-state index contributed by atoms with van der Waals surface area (Å²) in [4.78, 5) is 0. The van der Waals surface area contributed by atoms with Crippen LogP contribution in [0.5, 0.6) is 0 Å². The fourth-order valence-corrected chi connectivity index (χ4v) is 2.78. The molecule has 0 saturated carbocycles. The van der Waals surface area contributed by atoms with Crippen molar-refractivity contribution in [2.45, 2.75) is 51.2 Å². The Kier molecular flexibility index (Phi) is 5.92. The first-order valence-corrected chi connectivity index (χ1v) is 7.48. The van der Waals surface area contributed by atoms with Gasteiger partial charge in [-0.2, -0.15) is 0 Å². The molecule has 4 heteroatoms. The first-order chi connectivity index (χ1) is 9.69. The number of rotatable bonds is 7. The lowest BCUT2D eigenvalue weighted by Gasteiger charge is -2.20. The molecule has 2 nitrogen and oxygen atoms in total. The molecule has 1 aliphatic heterocycles. The molecule has 0 aliphatic carbocycles. The van der Waals surface area contributed by atoms with Crippen LogP contribution in [0.15, 0.2) is 18.2 Å². The van der Waals surface area contributed by atoms with Crippen molar-refractivity contribution in [3.63, 3.8) is 0 Å². The summed E-state index contributed by atoms with van der Waals surface area (Å²) in [7, 11) is 0. The van der Waals surface area contributed by atoms with E-state index in [9.17, 15) is 8.78 Å². The molecule has 0 radical (unpaired) electrons. The highest BCUT2D eigenvalue weighted by Crippen LogP contribution is 2.19. The number of ether oxygens (including phenoxy) is 1. The summed E-state index contributed by atoms with van der Waals surface area (Å²) >= 11 is 0. The van der Waals surface area contributed by atoms with Gasteiger partial charge < -0.3 is 10.1 Å². The van der Waals surface area contributed by atoms with E-state index in [1.807, 2.05) is 0 Å². The van der Waals surface area contributed by atoms with Crippen molar-refractivity contribution in [3.05, 3.63) is 35.4 Å². The van der Waals surface area contributed by atoms with Gasteiger partial charge in [-0.25, -0.2) is 8.78 Å². The summed E-state index contributed by atoms with van der Waals surface area (Å²) in [6, 6.07) is 4.45. The molecule has 1 aromatic rings. The van der Waals surface area contributed by atoms with Gasteiger partial charge in [0, 0.05) is 12.6 Å². The Morgan fingerprint density at radius 1 is 1.35 bits per heavy atom. The lowest BCUT2D eigenvalue weighted by Crippen LogP contribution is -2.32. The smallest absolute Gasteiger partial charge is 0.159 e. The van der Waals surface area contributed by atoms with Crippen molar-refractivity contribution in [1.82, 2.24) is 5.32 Å². The minimum atomic E-state index is -0.784. The second kappa shape index (κ2) is 7.70. The maximum Gasteiger partial charge on any atom is 0.159 e. The molecule has 1 saturated heterocycles. The first-order valence-electron chi connectivity index (χ1n) is 7.48. The Labute approximate surface area is 119 Å². The molecule has 2 atom stereocenters. The predicted molar refractivity (Wildman–Crippen MR) is 75.7 cm³/mol. The monoisotopic (exact) mass is 283 g/mol. The maximum atomic E-state index is 13.2. The van der Waals surface area contributed by atoms with Gasteiger partial charge in [-0.05, 0) is 56.3 Å². The minimum absolute atomic E-state index is 0.286. The molecule has 2 rings (SSSR count). The number of benzene rings is 1. The van der Waals surface area contributed by atoms with Gasteiger partial charge >= 0.3 is 0 Å². The summed E-state index contributed by atoms with van der Waals surface area (Å²) in [5.74, 6) is -1.55. The third kappa shape index (κ3) is 4.53. The number of nitrogens with one attached hydrogen (secondary N) is 1. The first kappa shape index (κ1) is 15.4. The SMILES string of the molecule is CCNC(CCC1CCCO1)Cc1ccc(F)c(F)c1. The highest BCUT2D eigenvalue weighted by Gasteiger charge is 2.18. The molecule has 0 amide bonds. The highest BCUT2D eigenvalue weighted by molar-refractivity contribution is 5.18. The zero-order valence-electron chi connectivity index (χ0n) is 12.0. The van der Waals surface area contributed by atoms with Crippen LogP contribution in [0.1, 0.15) is 38.2 Å². The van der Waals surface area contributed by atoms with E-state index < -0.39 is 11.6 Å². The average molecular weight is 283 g/mol. The summed E-state index contributed by atoms with van der Waals surface area (Å²) in [6.45, 7) is 3.81. The molecular formula is C16H23F2NO. The number of hydrogen-bond donors (Lipinski definition) is 1. The zero-order valence-corrected chi connectivity index (χ0v) is 12.0. The van der Waals surface area contributed by atoms with Crippen molar-refractivity contribution in [1.29, 1.82) is 0 Å². The van der Waals surface area contributed by atoms with Crippen LogP contribution >= 0.6 is 0 Å². The second-order valence-electron chi connectivity index (χ2n) is 5.42. The summed E-state index contributed by atoms with van der Waals surface area (Å²) in [5, 5.41) is 3.42. The molecule has 0 aromatic heterocycles. The van der Waals surface area contributed by atoms with Crippen LogP contribution in [-0.4, -0.2) is 25.3 Å². The Bertz CT molecular complexity index is 419. The Hall–Kier alpha value is -1.00. The fourth-order valence-electron chi connectivity index (χ4n) is 2.78. The highest BCUT2D eigenvalue weighted by atomic mass is 19.2. The van der Waals surface area contributed by atoms with Crippen LogP contribution in [0.2, 0.25) is 0 Å².